The van der Waals surface area contributed by atoms with E-state index in [9.17, 15) is 0 Å². The average Bonchev–Trinajstić information content (AvgIpc) is 2.78. The van der Waals surface area contributed by atoms with Crippen molar-refractivity contribution in [2.45, 2.75) is 6.92 Å². The molecule has 2 N–H and O–H groups in total. The highest BCUT2D eigenvalue weighted by Gasteiger charge is 2.17. The minimum absolute atomic E-state index is 0.322. The van der Waals surface area contributed by atoms with Crippen molar-refractivity contribution in [1.29, 1.82) is 0 Å². The molecule has 2 aromatic carbocycles. The Morgan fingerprint density at radius 2 is 1.74 bits per heavy atom. The standard InChI is InChI=1S/C21H21Cl2N7O/c1-14-2-7-17(12-18(14)23)25-19-26-20(28-21(27-19)30-8-10-31-11-9-30)29-24-13-15-3-5-16(22)6-4-15/h2-7,12-13H,8-11H2,1H3,(H2,25,26,27,28,29). The van der Waals surface area contributed by atoms with E-state index >= 15 is 0 Å². The van der Waals surface area contributed by atoms with Crippen molar-refractivity contribution in [3.05, 3.63) is 63.6 Å². The molecule has 0 amide bonds. The van der Waals surface area contributed by atoms with Gasteiger partial charge in [0.15, 0.2) is 0 Å². The lowest BCUT2D eigenvalue weighted by Gasteiger charge is -2.27. The van der Waals surface area contributed by atoms with Crippen molar-refractivity contribution in [1.82, 2.24) is 15.0 Å². The molecule has 0 radical (unpaired) electrons. The van der Waals surface area contributed by atoms with Crippen LogP contribution in [0.4, 0.5) is 23.5 Å². The van der Waals surface area contributed by atoms with Crippen LogP contribution in [-0.2, 0) is 4.74 Å². The number of hydrazone groups is 1. The molecule has 0 bridgehead atoms. The summed E-state index contributed by atoms with van der Waals surface area (Å²) >= 11 is 12.2. The van der Waals surface area contributed by atoms with Gasteiger partial charge < -0.3 is 15.0 Å². The zero-order valence-corrected chi connectivity index (χ0v) is 18.4. The van der Waals surface area contributed by atoms with Gasteiger partial charge in [0.05, 0.1) is 19.4 Å². The van der Waals surface area contributed by atoms with E-state index in [2.05, 4.69) is 30.8 Å². The molecule has 8 nitrogen and oxygen atoms in total. The van der Waals surface area contributed by atoms with Gasteiger partial charge in [0, 0.05) is 28.8 Å². The predicted octanol–water partition coefficient (Wildman–Crippen LogP) is 4.51. The van der Waals surface area contributed by atoms with Crippen LogP contribution in [0.1, 0.15) is 11.1 Å². The van der Waals surface area contributed by atoms with Crippen molar-refractivity contribution in [3.8, 4) is 0 Å². The molecule has 0 aliphatic carbocycles. The fraction of sp³-hybridized carbons (Fsp3) is 0.238. The molecule has 0 saturated carbocycles. The summed E-state index contributed by atoms with van der Waals surface area (Å²) in [5, 5.41) is 8.77. The van der Waals surface area contributed by atoms with E-state index in [1.54, 1.807) is 18.3 Å². The maximum atomic E-state index is 6.25. The first kappa shape index (κ1) is 21.3. The van der Waals surface area contributed by atoms with E-state index in [1.807, 2.05) is 42.2 Å². The Bertz CT molecular complexity index is 1070. The second kappa shape index (κ2) is 9.91. The molecule has 1 aromatic heterocycles. The number of benzene rings is 2. The van der Waals surface area contributed by atoms with Gasteiger partial charge in [-0.2, -0.15) is 20.1 Å². The number of aromatic nitrogens is 3. The molecule has 0 spiro atoms. The Balaban J connectivity index is 1.57. The van der Waals surface area contributed by atoms with Crippen molar-refractivity contribution < 1.29 is 4.74 Å². The Morgan fingerprint density at radius 3 is 2.48 bits per heavy atom. The molecule has 0 atom stereocenters. The minimum Gasteiger partial charge on any atom is -0.378 e. The van der Waals surface area contributed by atoms with Gasteiger partial charge in [0.25, 0.3) is 0 Å². The van der Waals surface area contributed by atoms with Crippen LogP contribution in [0.3, 0.4) is 0 Å². The average molecular weight is 458 g/mol. The summed E-state index contributed by atoms with van der Waals surface area (Å²) in [5.41, 5.74) is 5.56. The van der Waals surface area contributed by atoms with E-state index < -0.39 is 0 Å². The smallest absolute Gasteiger partial charge is 0.250 e. The first-order chi connectivity index (χ1) is 15.1. The third kappa shape index (κ3) is 5.81. The number of nitrogens with zero attached hydrogens (tertiary/aromatic N) is 5. The first-order valence-electron chi connectivity index (χ1n) is 9.73. The summed E-state index contributed by atoms with van der Waals surface area (Å²) < 4.78 is 5.43. The van der Waals surface area contributed by atoms with Gasteiger partial charge in [0.1, 0.15) is 0 Å². The van der Waals surface area contributed by atoms with Gasteiger partial charge in [-0.15, -0.1) is 0 Å². The topological polar surface area (TPSA) is 87.6 Å². The Hall–Kier alpha value is -2.94. The molecule has 0 unspecified atom stereocenters. The molecule has 3 aromatic rings. The Morgan fingerprint density at radius 1 is 1.00 bits per heavy atom. The summed E-state index contributed by atoms with van der Waals surface area (Å²) in [7, 11) is 0. The summed E-state index contributed by atoms with van der Waals surface area (Å²) in [6.07, 6.45) is 1.67. The highest BCUT2D eigenvalue weighted by molar-refractivity contribution is 6.31. The third-order valence-corrected chi connectivity index (χ3v) is 5.25. The number of hydrogen-bond donors (Lipinski definition) is 2. The third-order valence-electron chi connectivity index (χ3n) is 4.59. The molecule has 31 heavy (non-hydrogen) atoms. The van der Waals surface area contributed by atoms with E-state index in [-0.39, 0.29) is 0 Å². The minimum atomic E-state index is 0.322. The lowest BCUT2D eigenvalue weighted by atomic mass is 10.2. The van der Waals surface area contributed by atoms with Crippen LogP contribution < -0.4 is 15.6 Å². The summed E-state index contributed by atoms with van der Waals surface area (Å²) in [5.74, 6) is 1.26. The van der Waals surface area contributed by atoms with Gasteiger partial charge >= 0.3 is 0 Å². The highest BCUT2D eigenvalue weighted by atomic mass is 35.5. The van der Waals surface area contributed by atoms with Crippen LogP contribution in [0, 0.1) is 6.92 Å². The van der Waals surface area contributed by atoms with Gasteiger partial charge in [-0.25, -0.2) is 5.43 Å². The van der Waals surface area contributed by atoms with Crippen molar-refractivity contribution in [2.24, 2.45) is 5.10 Å². The normalized spacial score (nSPS) is 14.1. The first-order valence-corrected chi connectivity index (χ1v) is 10.5. The summed E-state index contributed by atoms with van der Waals surface area (Å²) in [4.78, 5) is 15.6. The maximum Gasteiger partial charge on any atom is 0.250 e. The number of hydrogen-bond acceptors (Lipinski definition) is 8. The van der Waals surface area contributed by atoms with Crippen molar-refractivity contribution in [2.75, 3.05) is 41.9 Å². The van der Waals surface area contributed by atoms with Crippen LogP contribution in [0.25, 0.3) is 0 Å². The van der Waals surface area contributed by atoms with Crippen LogP contribution in [0.5, 0.6) is 0 Å². The highest BCUT2D eigenvalue weighted by Crippen LogP contribution is 2.23. The van der Waals surface area contributed by atoms with Crippen LogP contribution in [0.15, 0.2) is 47.6 Å². The molecule has 1 aliphatic rings. The molecular weight excluding hydrogens is 437 g/mol. The van der Waals surface area contributed by atoms with E-state index in [0.29, 0.717) is 54.2 Å². The molecule has 10 heteroatoms. The number of morpholine rings is 1. The summed E-state index contributed by atoms with van der Waals surface area (Å²) in [6.45, 7) is 4.60. The molecule has 1 fully saturated rings. The van der Waals surface area contributed by atoms with Crippen LogP contribution >= 0.6 is 23.2 Å². The lowest BCUT2D eigenvalue weighted by Crippen LogP contribution is -2.37. The monoisotopic (exact) mass is 457 g/mol. The molecule has 1 saturated heterocycles. The molecule has 1 aliphatic heterocycles. The van der Waals surface area contributed by atoms with Gasteiger partial charge in [-0.1, -0.05) is 41.4 Å². The van der Waals surface area contributed by atoms with E-state index in [0.717, 1.165) is 16.8 Å². The number of aryl methyl sites for hydroxylation is 1. The Labute approximate surface area is 190 Å². The fourth-order valence-corrected chi connectivity index (χ4v) is 3.20. The number of rotatable bonds is 6. The molecule has 2 heterocycles. The van der Waals surface area contributed by atoms with Crippen LogP contribution in [0.2, 0.25) is 10.0 Å². The molecule has 4 rings (SSSR count). The fourth-order valence-electron chi connectivity index (χ4n) is 2.89. The quantitative estimate of drug-likeness (QED) is 0.415. The van der Waals surface area contributed by atoms with Crippen molar-refractivity contribution in [3.63, 3.8) is 0 Å². The summed E-state index contributed by atoms with van der Waals surface area (Å²) in [6, 6.07) is 13.0. The van der Waals surface area contributed by atoms with E-state index in [4.69, 9.17) is 27.9 Å². The van der Waals surface area contributed by atoms with Gasteiger partial charge in [-0.3, -0.25) is 0 Å². The molecular formula is C21H21Cl2N7O. The van der Waals surface area contributed by atoms with Crippen LogP contribution in [-0.4, -0.2) is 47.5 Å². The number of nitrogens with one attached hydrogen (secondary N) is 2. The second-order valence-electron chi connectivity index (χ2n) is 6.89. The Kier molecular flexibility index (Phi) is 6.81. The lowest BCUT2D eigenvalue weighted by molar-refractivity contribution is 0.122. The largest absolute Gasteiger partial charge is 0.378 e. The second-order valence-corrected chi connectivity index (χ2v) is 7.74. The zero-order valence-electron chi connectivity index (χ0n) is 16.8. The van der Waals surface area contributed by atoms with Crippen molar-refractivity contribution >= 4 is 52.9 Å². The predicted molar refractivity (Wildman–Crippen MR) is 125 cm³/mol. The van der Waals surface area contributed by atoms with Gasteiger partial charge in [-0.05, 0) is 42.3 Å². The SMILES string of the molecule is Cc1ccc(Nc2nc(NN=Cc3ccc(Cl)cc3)nc(N3CCOCC3)n2)cc1Cl. The number of anilines is 4. The number of halogens is 2. The number of ether oxygens (including phenoxy) is 1. The van der Waals surface area contributed by atoms with Gasteiger partial charge in [0.2, 0.25) is 17.8 Å². The maximum absolute atomic E-state index is 6.25. The zero-order chi connectivity index (χ0) is 21.6. The van der Waals surface area contributed by atoms with E-state index in [1.165, 1.54) is 0 Å². The molecule has 160 valence electrons.